The molecule has 1 aliphatic rings. The molecule has 1 aliphatic heterocycles. The van der Waals surface area contributed by atoms with Gasteiger partial charge in [0.05, 0.1) is 0 Å². The maximum absolute atomic E-state index is 13.9. The molecule has 0 amide bonds. The van der Waals surface area contributed by atoms with Crippen molar-refractivity contribution in [2.75, 3.05) is 19.6 Å². The normalized spacial score (nSPS) is 25.0. The van der Waals surface area contributed by atoms with Gasteiger partial charge in [0.1, 0.15) is 5.82 Å². The van der Waals surface area contributed by atoms with Crippen LogP contribution in [0.1, 0.15) is 45.2 Å². The second-order valence-corrected chi connectivity index (χ2v) is 6.11. The summed E-state index contributed by atoms with van der Waals surface area (Å²) in [5.41, 5.74) is 0.800. The Morgan fingerprint density at radius 2 is 2.10 bits per heavy atom. The first-order valence-electron chi connectivity index (χ1n) is 7.83. The second kappa shape index (κ2) is 7.19. The lowest BCUT2D eigenvalue weighted by atomic mass is 10.0. The van der Waals surface area contributed by atoms with Gasteiger partial charge in [-0.1, -0.05) is 32.0 Å². The van der Waals surface area contributed by atoms with Gasteiger partial charge in [-0.05, 0) is 38.3 Å². The van der Waals surface area contributed by atoms with E-state index in [1.165, 1.54) is 13.0 Å². The molecule has 0 bridgehead atoms. The van der Waals surface area contributed by atoms with Crippen LogP contribution in [0.3, 0.4) is 0 Å². The van der Waals surface area contributed by atoms with Crippen molar-refractivity contribution in [3.63, 3.8) is 0 Å². The molecule has 3 heteroatoms. The lowest BCUT2D eigenvalue weighted by molar-refractivity contribution is 0.248. The number of halogens is 1. The first-order chi connectivity index (χ1) is 9.61. The summed E-state index contributed by atoms with van der Waals surface area (Å²) in [7, 11) is 0. The Morgan fingerprint density at radius 1 is 1.35 bits per heavy atom. The molecule has 3 atom stereocenters. The number of nitrogens with one attached hydrogen (secondary N) is 1. The fourth-order valence-corrected chi connectivity index (χ4v) is 3.36. The molecule has 2 rings (SSSR count). The van der Waals surface area contributed by atoms with Crippen LogP contribution in [0.25, 0.3) is 0 Å². The van der Waals surface area contributed by atoms with Gasteiger partial charge < -0.3 is 10.2 Å². The van der Waals surface area contributed by atoms with Gasteiger partial charge >= 0.3 is 0 Å². The predicted octanol–water partition coefficient (Wildman–Crippen LogP) is 3.60. The molecule has 0 radical (unpaired) electrons. The van der Waals surface area contributed by atoms with Crippen molar-refractivity contribution in [1.29, 1.82) is 0 Å². The van der Waals surface area contributed by atoms with E-state index in [-0.39, 0.29) is 11.9 Å². The largest absolute Gasteiger partial charge is 0.310 e. The molecule has 1 heterocycles. The van der Waals surface area contributed by atoms with Crippen LogP contribution in [0.5, 0.6) is 0 Å². The predicted molar refractivity (Wildman–Crippen MR) is 82.3 cm³/mol. The average Bonchev–Trinajstić information content (AvgIpc) is 2.74. The van der Waals surface area contributed by atoms with E-state index >= 15 is 0 Å². The fourth-order valence-electron chi connectivity index (χ4n) is 3.36. The first kappa shape index (κ1) is 15.5. The summed E-state index contributed by atoms with van der Waals surface area (Å²) < 4.78 is 13.9. The van der Waals surface area contributed by atoms with Crippen LogP contribution in [-0.4, -0.2) is 30.6 Å². The average molecular weight is 278 g/mol. The lowest BCUT2D eigenvalue weighted by Crippen LogP contribution is -2.32. The summed E-state index contributed by atoms with van der Waals surface area (Å²) >= 11 is 0. The number of hydrogen-bond donors (Lipinski definition) is 1. The van der Waals surface area contributed by atoms with E-state index in [0.29, 0.717) is 6.04 Å². The van der Waals surface area contributed by atoms with Gasteiger partial charge in [-0.15, -0.1) is 0 Å². The van der Waals surface area contributed by atoms with E-state index in [2.05, 4.69) is 31.0 Å². The zero-order valence-corrected chi connectivity index (χ0v) is 12.9. The van der Waals surface area contributed by atoms with Crippen molar-refractivity contribution in [2.45, 2.75) is 45.7 Å². The monoisotopic (exact) mass is 278 g/mol. The Balaban J connectivity index is 1.98. The third-order valence-corrected chi connectivity index (χ3v) is 4.35. The molecule has 0 aliphatic carbocycles. The molecule has 112 valence electrons. The van der Waals surface area contributed by atoms with E-state index in [9.17, 15) is 4.39 Å². The molecule has 1 N–H and O–H groups in total. The van der Waals surface area contributed by atoms with Crippen molar-refractivity contribution < 1.29 is 4.39 Å². The maximum atomic E-state index is 13.9. The molecule has 1 fully saturated rings. The zero-order chi connectivity index (χ0) is 14.5. The summed E-state index contributed by atoms with van der Waals surface area (Å²) in [5, 5.41) is 3.42. The summed E-state index contributed by atoms with van der Waals surface area (Å²) in [6.45, 7) is 9.78. The SMILES string of the molecule is CCNC(CCN1CC(C)CC1C)c1ccccc1F. The molecule has 3 unspecified atom stereocenters. The minimum atomic E-state index is -0.0960. The van der Waals surface area contributed by atoms with Gasteiger partial charge in [-0.2, -0.15) is 0 Å². The van der Waals surface area contributed by atoms with Crippen molar-refractivity contribution in [1.82, 2.24) is 10.2 Å². The highest BCUT2D eigenvalue weighted by molar-refractivity contribution is 5.21. The Bertz CT molecular complexity index is 421. The van der Waals surface area contributed by atoms with Crippen LogP contribution in [0.4, 0.5) is 4.39 Å². The molecule has 1 aromatic carbocycles. The number of likely N-dealkylation sites (tertiary alicyclic amines) is 1. The molecule has 0 spiro atoms. The molecular weight excluding hydrogens is 251 g/mol. The van der Waals surface area contributed by atoms with Gasteiger partial charge in [0.15, 0.2) is 0 Å². The minimum Gasteiger partial charge on any atom is -0.310 e. The third-order valence-electron chi connectivity index (χ3n) is 4.35. The summed E-state index contributed by atoms with van der Waals surface area (Å²) in [5.74, 6) is 0.692. The minimum absolute atomic E-state index is 0.0960. The number of rotatable bonds is 6. The van der Waals surface area contributed by atoms with E-state index < -0.39 is 0 Å². The lowest BCUT2D eigenvalue weighted by Gasteiger charge is -2.25. The Morgan fingerprint density at radius 3 is 2.70 bits per heavy atom. The first-order valence-corrected chi connectivity index (χ1v) is 7.83. The highest BCUT2D eigenvalue weighted by Crippen LogP contribution is 2.25. The maximum Gasteiger partial charge on any atom is 0.127 e. The van der Waals surface area contributed by atoms with Gasteiger partial charge in [-0.25, -0.2) is 4.39 Å². The number of benzene rings is 1. The van der Waals surface area contributed by atoms with Gasteiger partial charge in [0.25, 0.3) is 0 Å². The van der Waals surface area contributed by atoms with E-state index in [0.717, 1.165) is 31.0 Å². The van der Waals surface area contributed by atoms with Crippen LogP contribution in [0, 0.1) is 11.7 Å². The van der Waals surface area contributed by atoms with Crippen molar-refractivity contribution in [2.24, 2.45) is 5.92 Å². The second-order valence-electron chi connectivity index (χ2n) is 6.11. The standard InChI is InChI=1S/C17H27FN2/c1-4-19-17(15-7-5-6-8-16(15)18)9-10-20-12-13(2)11-14(20)3/h5-8,13-14,17,19H,4,9-12H2,1-3H3. The van der Waals surface area contributed by atoms with Crippen LogP contribution in [0.2, 0.25) is 0 Å². The van der Waals surface area contributed by atoms with E-state index in [1.54, 1.807) is 12.1 Å². The molecule has 1 aromatic rings. The van der Waals surface area contributed by atoms with Gasteiger partial charge in [-0.3, -0.25) is 0 Å². The van der Waals surface area contributed by atoms with Crippen molar-refractivity contribution >= 4 is 0 Å². The summed E-state index contributed by atoms with van der Waals surface area (Å²) in [6, 6.07) is 7.91. The quantitative estimate of drug-likeness (QED) is 0.855. The van der Waals surface area contributed by atoms with Crippen LogP contribution in [-0.2, 0) is 0 Å². The van der Waals surface area contributed by atoms with Crippen molar-refractivity contribution in [3.05, 3.63) is 35.6 Å². The van der Waals surface area contributed by atoms with Gasteiger partial charge in [0, 0.05) is 30.7 Å². The van der Waals surface area contributed by atoms with Crippen molar-refractivity contribution in [3.8, 4) is 0 Å². The molecular formula is C17H27FN2. The fraction of sp³-hybridized carbons (Fsp3) is 0.647. The Hall–Kier alpha value is -0.930. The molecule has 0 saturated carbocycles. The Labute approximate surface area is 122 Å². The molecule has 0 aromatic heterocycles. The van der Waals surface area contributed by atoms with E-state index in [1.807, 2.05) is 12.1 Å². The summed E-state index contributed by atoms with van der Waals surface area (Å²) in [4.78, 5) is 2.54. The Kier molecular flexibility index (Phi) is 5.55. The van der Waals surface area contributed by atoms with E-state index in [4.69, 9.17) is 0 Å². The van der Waals surface area contributed by atoms with Crippen LogP contribution >= 0.6 is 0 Å². The van der Waals surface area contributed by atoms with Crippen LogP contribution in [0.15, 0.2) is 24.3 Å². The van der Waals surface area contributed by atoms with Crippen LogP contribution < -0.4 is 5.32 Å². The summed E-state index contributed by atoms with van der Waals surface area (Å²) in [6.07, 6.45) is 2.25. The zero-order valence-electron chi connectivity index (χ0n) is 12.9. The molecule has 20 heavy (non-hydrogen) atoms. The number of hydrogen-bond acceptors (Lipinski definition) is 2. The number of nitrogens with zero attached hydrogens (tertiary/aromatic N) is 1. The topological polar surface area (TPSA) is 15.3 Å². The smallest absolute Gasteiger partial charge is 0.127 e. The highest BCUT2D eigenvalue weighted by atomic mass is 19.1. The van der Waals surface area contributed by atoms with Gasteiger partial charge in [0.2, 0.25) is 0 Å². The third kappa shape index (κ3) is 3.80. The molecule has 2 nitrogen and oxygen atoms in total. The highest BCUT2D eigenvalue weighted by Gasteiger charge is 2.26. The molecule has 1 saturated heterocycles.